The van der Waals surface area contributed by atoms with Crippen molar-refractivity contribution in [3.63, 3.8) is 0 Å². The van der Waals surface area contributed by atoms with Gasteiger partial charge in [-0.1, -0.05) is 18.2 Å². The van der Waals surface area contributed by atoms with Crippen LogP contribution in [0.5, 0.6) is 0 Å². The molecule has 0 radical (unpaired) electrons. The second-order valence-corrected chi connectivity index (χ2v) is 7.70. The molecule has 7 heteroatoms. The van der Waals surface area contributed by atoms with Gasteiger partial charge in [0, 0.05) is 31.1 Å². The summed E-state index contributed by atoms with van der Waals surface area (Å²) >= 11 is 0. The molecule has 3 heterocycles. The lowest BCUT2D eigenvalue weighted by molar-refractivity contribution is -0.137. The third kappa shape index (κ3) is 5.10. The summed E-state index contributed by atoms with van der Waals surface area (Å²) in [5.74, 6) is 0.0589. The minimum Gasteiger partial charge on any atom is -0.334 e. The molecule has 160 valence electrons. The van der Waals surface area contributed by atoms with Crippen LogP contribution >= 0.6 is 0 Å². The molecule has 3 aromatic rings. The average molecular weight is 425 g/mol. The van der Waals surface area contributed by atoms with E-state index in [-0.39, 0.29) is 11.9 Å². The summed E-state index contributed by atoms with van der Waals surface area (Å²) < 4.78 is 38.3. The van der Waals surface area contributed by atoms with Crippen LogP contribution < -0.4 is 0 Å². The monoisotopic (exact) mass is 425 g/mol. The van der Waals surface area contributed by atoms with E-state index < -0.39 is 11.7 Å². The van der Waals surface area contributed by atoms with E-state index in [1.807, 2.05) is 35.2 Å². The number of nitrogens with zero attached hydrogens (tertiary/aromatic N) is 3. The molecule has 1 aliphatic heterocycles. The van der Waals surface area contributed by atoms with Crippen LogP contribution in [0.4, 0.5) is 13.2 Å². The van der Waals surface area contributed by atoms with Crippen LogP contribution in [-0.4, -0.2) is 27.3 Å². The molecule has 0 N–H and O–H groups in total. The molecule has 1 saturated heterocycles. The van der Waals surface area contributed by atoms with Gasteiger partial charge >= 0.3 is 6.18 Å². The molecule has 1 aliphatic rings. The number of likely N-dealkylation sites (tertiary alicyclic amines) is 1. The van der Waals surface area contributed by atoms with Crippen molar-refractivity contribution >= 4 is 5.91 Å². The average Bonchev–Trinajstić information content (AvgIpc) is 3.25. The molecule has 0 aliphatic carbocycles. The zero-order valence-corrected chi connectivity index (χ0v) is 16.8. The highest BCUT2D eigenvalue weighted by Crippen LogP contribution is 2.32. The SMILES string of the molecule is O=C(Cc1ccncc1)N1CCC[C@@H]1c1cccc(Cc2ccc(C(F)(F)F)cc2)n1. The van der Waals surface area contributed by atoms with Gasteiger partial charge in [0.2, 0.25) is 5.91 Å². The number of rotatable bonds is 5. The third-order valence-electron chi connectivity index (χ3n) is 5.51. The summed E-state index contributed by atoms with van der Waals surface area (Å²) in [4.78, 5) is 23.5. The first kappa shape index (κ1) is 21.0. The number of carbonyl (C=O) groups excluding carboxylic acids is 1. The molecular formula is C24H22F3N3O. The maximum atomic E-state index is 12.9. The normalized spacial score (nSPS) is 16.5. The summed E-state index contributed by atoms with van der Waals surface area (Å²) in [6.45, 7) is 0.694. The van der Waals surface area contributed by atoms with Gasteiger partial charge in [-0.2, -0.15) is 13.2 Å². The fourth-order valence-corrected chi connectivity index (χ4v) is 3.95. The largest absolute Gasteiger partial charge is 0.416 e. The van der Waals surface area contributed by atoms with Crippen molar-refractivity contribution < 1.29 is 18.0 Å². The lowest BCUT2D eigenvalue weighted by Crippen LogP contribution is -2.32. The number of alkyl halides is 3. The zero-order valence-electron chi connectivity index (χ0n) is 16.8. The van der Waals surface area contributed by atoms with Crippen molar-refractivity contribution in [3.05, 3.63) is 95.1 Å². The molecule has 1 amide bonds. The van der Waals surface area contributed by atoms with Crippen LogP contribution in [0.15, 0.2) is 67.0 Å². The van der Waals surface area contributed by atoms with E-state index in [0.717, 1.165) is 47.5 Å². The van der Waals surface area contributed by atoms with Gasteiger partial charge in [0.05, 0.1) is 23.7 Å². The van der Waals surface area contributed by atoms with Crippen LogP contribution in [0.25, 0.3) is 0 Å². The number of carbonyl (C=O) groups is 1. The predicted molar refractivity (Wildman–Crippen MR) is 110 cm³/mol. The van der Waals surface area contributed by atoms with Crippen LogP contribution in [0, 0.1) is 0 Å². The van der Waals surface area contributed by atoms with E-state index in [9.17, 15) is 18.0 Å². The van der Waals surface area contributed by atoms with E-state index in [1.165, 1.54) is 12.1 Å². The summed E-state index contributed by atoms with van der Waals surface area (Å²) in [7, 11) is 0. The Labute approximate surface area is 178 Å². The smallest absolute Gasteiger partial charge is 0.334 e. The molecule has 1 atom stereocenters. The molecule has 0 unspecified atom stereocenters. The zero-order chi connectivity index (χ0) is 21.8. The Morgan fingerprint density at radius 3 is 2.45 bits per heavy atom. The van der Waals surface area contributed by atoms with Crippen molar-refractivity contribution in [2.24, 2.45) is 0 Å². The molecular weight excluding hydrogens is 403 g/mol. The molecule has 4 rings (SSSR count). The standard InChI is InChI=1S/C24H22F3N3O/c25-24(26,27)19-8-6-17(7-9-19)15-20-3-1-4-21(29-20)22-5-2-14-30(22)23(31)16-18-10-12-28-13-11-18/h1,3-4,6-13,22H,2,5,14-16H2/t22-/m1/s1. The predicted octanol–water partition coefficient (Wildman–Crippen LogP) is 4.99. The molecule has 1 fully saturated rings. The van der Waals surface area contributed by atoms with E-state index in [1.54, 1.807) is 12.4 Å². The van der Waals surface area contributed by atoms with Gasteiger partial charge in [0.15, 0.2) is 0 Å². The molecule has 4 nitrogen and oxygen atoms in total. The fourth-order valence-electron chi connectivity index (χ4n) is 3.95. The quantitative estimate of drug-likeness (QED) is 0.578. The third-order valence-corrected chi connectivity index (χ3v) is 5.51. The highest BCUT2D eigenvalue weighted by atomic mass is 19.4. The Kier molecular flexibility index (Phi) is 6.02. The topological polar surface area (TPSA) is 46.1 Å². The number of hydrogen-bond donors (Lipinski definition) is 0. The van der Waals surface area contributed by atoms with Crippen LogP contribution in [-0.2, 0) is 23.8 Å². The first-order chi connectivity index (χ1) is 14.9. The Morgan fingerprint density at radius 2 is 1.74 bits per heavy atom. The highest BCUT2D eigenvalue weighted by Gasteiger charge is 2.31. The molecule has 0 saturated carbocycles. The molecule has 1 aromatic carbocycles. The Balaban J connectivity index is 1.47. The van der Waals surface area contributed by atoms with Gasteiger partial charge in [0.1, 0.15) is 0 Å². The Hall–Kier alpha value is -3.22. The second-order valence-electron chi connectivity index (χ2n) is 7.70. The van der Waals surface area contributed by atoms with Crippen molar-refractivity contribution in [2.45, 2.75) is 37.9 Å². The minimum atomic E-state index is -4.34. The summed E-state index contributed by atoms with van der Waals surface area (Å²) in [5.41, 5.74) is 2.62. The lowest BCUT2D eigenvalue weighted by atomic mass is 10.0. The summed E-state index contributed by atoms with van der Waals surface area (Å²) in [6, 6.07) is 14.4. The minimum absolute atomic E-state index is 0.0589. The van der Waals surface area contributed by atoms with Gasteiger partial charge < -0.3 is 4.90 Å². The first-order valence-electron chi connectivity index (χ1n) is 10.2. The summed E-state index contributed by atoms with van der Waals surface area (Å²) in [5, 5.41) is 0. The summed E-state index contributed by atoms with van der Waals surface area (Å²) in [6.07, 6.45) is 1.53. The number of halogens is 3. The van der Waals surface area contributed by atoms with Crippen LogP contribution in [0.1, 0.15) is 47.0 Å². The van der Waals surface area contributed by atoms with Crippen molar-refractivity contribution in [3.8, 4) is 0 Å². The lowest BCUT2D eigenvalue weighted by Gasteiger charge is -2.25. The van der Waals surface area contributed by atoms with Gasteiger partial charge in [-0.05, 0) is 60.4 Å². The van der Waals surface area contributed by atoms with Gasteiger partial charge in [-0.3, -0.25) is 14.8 Å². The Morgan fingerprint density at radius 1 is 1.00 bits per heavy atom. The molecule has 31 heavy (non-hydrogen) atoms. The van der Waals surface area contributed by atoms with Crippen molar-refractivity contribution in [2.75, 3.05) is 6.54 Å². The number of hydrogen-bond acceptors (Lipinski definition) is 3. The second kappa shape index (κ2) is 8.88. The fraction of sp³-hybridized carbons (Fsp3) is 0.292. The maximum absolute atomic E-state index is 12.9. The van der Waals surface area contributed by atoms with Gasteiger partial charge in [-0.15, -0.1) is 0 Å². The van der Waals surface area contributed by atoms with Crippen LogP contribution in [0.2, 0.25) is 0 Å². The number of aromatic nitrogens is 2. The molecule has 2 aromatic heterocycles. The number of pyridine rings is 2. The van der Waals surface area contributed by atoms with E-state index in [4.69, 9.17) is 4.98 Å². The van der Waals surface area contributed by atoms with E-state index >= 15 is 0 Å². The first-order valence-corrected chi connectivity index (χ1v) is 10.2. The molecule has 0 bridgehead atoms. The van der Waals surface area contributed by atoms with Crippen molar-refractivity contribution in [1.82, 2.24) is 14.9 Å². The van der Waals surface area contributed by atoms with Gasteiger partial charge in [-0.25, -0.2) is 0 Å². The highest BCUT2D eigenvalue weighted by molar-refractivity contribution is 5.79. The number of benzene rings is 1. The maximum Gasteiger partial charge on any atom is 0.416 e. The Bertz CT molecular complexity index is 1040. The molecule has 0 spiro atoms. The van der Waals surface area contributed by atoms with Gasteiger partial charge in [0.25, 0.3) is 0 Å². The van der Waals surface area contributed by atoms with Crippen molar-refractivity contribution in [1.29, 1.82) is 0 Å². The van der Waals surface area contributed by atoms with E-state index in [0.29, 0.717) is 19.4 Å². The van der Waals surface area contributed by atoms with Crippen LogP contribution in [0.3, 0.4) is 0 Å². The van der Waals surface area contributed by atoms with E-state index in [2.05, 4.69) is 4.98 Å². The number of amides is 1.